The molecule has 2 aromatic carbocycles. The number of anilines is 1. The number of nitrogens with zero attached hydrogens (tertiary/aromatic N) is 1. The quantitative estimate of drug-likeness (QED) is 0.696. The highest BCUT2D eigenvalue weighted by molar-refractivity contribution is 6.30. The first-order chi connectivity index (χ1) is 10.1. The standard InChI is InChI=1S/C17H17ClN2O/c1-2-20(21)11-14-5-8-17(9-15(14)12-20)19-10-13-3-6-16(18)7-4-13/h3-9,11-12,19H,2,10H2,1H3. The summed E-state index contributed by atoms with van der Waals surface area (Å²) in [6.45, 7) is 3.14. The van der Waals surface area contributed by atoms with Crippen LogP contribution in [0, 0.1) is 5.21 Å². The van der Waals surface area contributed by atoms with Gasteiger partial charge in [-0.15, -0.1) is 0 Å². The molecule has 3 rings (SSSR count). The van der Waals surface area contributed by atoms with Gasteiger partial charge in [-0.05, 0) is 42.8 Å². The van der Waals surface area contributed by atoms with Crippen molar-refractivity contribution in [2.45, 2.75) is 13.5 Å². The molecule has 0 amide bonds. The number of rotatable bonds is 4. The summed E-state index contributed by atoms with van der Waals surface area (Å²) in [5.74, 6) is 0. The van der Waals surface area contributed by atoms with E-state index in [0.29, 0.717) is 6.54 Å². The van der Waals surface area contributed by atoms with E-state index in [9.17, 15) is 5.21 Å². The van der Waals surface area contributed by atoms with Gasteiger partial charge in [0.25, 0.3) is 0 Å². The predicted octanol–water partition coefficient (Wildman–Crippen LogP) is 2.78. The van der Waals surface area contributed by atoms with Crippen LogP contribution in [0.3, 0.4) is 0 Å². The zero-order chi connectivity index (χ0) is 14.9. The van der Waals surface area contributed by atoms with Gasteiger partial charge in [0.1, 0.15) is 12.4 Å². The monoisotopic (exact) mass is 300 g/mol. The zero-order valence-electron chi connectivity index (χ0n) is 11.8. The molecule has 1 heterocycles. The van der Waals surface area contributed by atoms with Crippen molar-refractivity contribution in [1.82, 2.24) is 0 Å². The van der Waals surface area contributed by atoms with Crippen molar-refractivity contribution in [3.63, 3.8) is 0 Å². The Kier molecular flexibility index (Phi) is 3.72. The molecule has 0 aromatic heterocycles. The Bertz CT molecular complexity index is 770. The predicted molar refractivity (Wildman–Crippen MR) is 87.6 cm³/mol. The first kappa shape index (κ1) is 14.1. The highest BCUT2D eigenvalue weighted by Gasteiger charge is 2.13. The number of nitrogens with one attached hydrogen (secondary N) is 1. The molecule has 0 fully saturated rings. The van der Waals surface area contributed by atoms with Crippen LogP contribution in [0.25, 0.3) is 12.4 Å². The average molecular weight is 301 g/mol. The third-order valence-corrected chi connectivity index (χ3v) is 3.96. The number of hydroxylamine groups is 3. The molecule has 2 aromatic rings. The smallest absolute Gasteiger partial charge is 0.109 e. The number of quaternary nitrogens is 1. The van der Waals surface area contributed by atoms with Crippen LogP contribution in [-0.2, 0) is 6.54 Å². The molecule has 0 saturated carbocycles. The number of hydrogen-bond donors (Lipinski definition) is 1. The van der Waals surface area contributed by atoms with Crippen molar-refractivity contribution in [3.05, 3.63) is 68.7 Å². The third-order valence-electron chi connectivity index (χ3n) is 3.71. The second kappa shape index (κ2) is 5.53. The Morgan fingerprint density at radius 1 is 1.05 bits per heavy atom. The molecule has 3 nitrogen and oxygen atoms in total. The Balaban J connectivity index is 1.78. The molecule has 0 aliphatic carbocycles. The van der Waals surface area contributed by atoms with E-state index in [1.54, 1.807) is 12.4 Å². The summed E-state index contributed by atoms with van der Waals surface area (Å²) >= 11 is 5.87. The lowest BCUT2D eigenvalue weighted by atomic mass is 10.2. The fraction of sp³-hybridized carbons (Fsp3) is 0.176. The number of benzene rings is 2. The molecule has 0 saturated heterocycles. The maximum atomic E-state index is 12.2. The molecule has 1 unspecified atom stereocenters. The largest absolute Gasteiger partial charge is 0.623 e. The van der Waals surface area contributed by atoms with Gasteiger partial charge in [0.15, 0.2) is 0 Å². The molecular formula is C17H17ClN2O. The minimum Gasteiger partial charge on any atom is -0.623 e. The van der Waals surface area contributed by atoms with Crippen molar-refractivity contribution in [2.75, 3.05) is 11.9 Å². The molecule has 0 spiro atoms. The Morgan fingerprint density at radius 3 is 2.48 bits per heavy atom. The van der Waals surface area contributed by atoms with E-state index in [-0.39, 0.29) is 4.65 Å². The van der Waals surface area contributed by atoms with Gasteiger partial charge in [-0.25, -0.2) is 0 Å². The van der Waals surface area contributed by atoms with Gasteiger partial charge in [-0.3, -0.25) is 0 Å². The van der Waals surface area contributed by atoms with Crippen molar-refractivity contribution < 1.29 is 4.65 Å². The van der Waals surface area contributed by atoms with Gasteiger partial charge in [0.05, 0.1) is 6.54 Å². The molecule has 1 atom stereocenters. The lowest BCUT2D eigenvalue weighted by molar-refractivity contribution is -0.709. The summed E-state index contributed by atoms with van der Waals surface area (Å²) in [7, 11) is 0. The maximum Gasteiger partial charge on any atom is 0.109 e. The minimum atomic E-state index is -0.379. The van der Waals surface area contributed by atoms with Gasteiger partial charge < -0.3 is 15.2 Å². The first-order valence-electron chi connectivity index (χ1n) is 7.01. The van der Waals surface area contributed by atoms with E-state index in [1.165, 1.54) is 0 Å². The summed E-state index contributed by atoms with van der Waals surface area (Å²) in [4.78, 5) is 0. The second-order valence-electron chi connectivity index (χ2n) is 5.25. The van der Waals surface area contributed by atoms with Crippen LogP contribution in [0.5, 0.6) is 0 Å². The Labute approximate surface area is 128 Å². The summed E-state index contributed by atoms with van der Waals surface area (Å²) in [6.07, 6.45) is 3.50. The van der Waals surface area contributed by atoms with Crippen LogP contribution < -0.4 is 15.8 Å². The van der Waals surface area contributed by atoms with Crippen molar-refractivity contribution >= 4 is 29.7 Å². The summed E-state index contributed by atoms with van der Waals surface area (Å²) in [5, 5.41) is 18.4. The van der Waals surface area contributed by atoms with Crippen LogP contribution in [0.15, 0.2) is 42.5 Å². The fourth-order valence-corrected chi connectivity index (χ4v) is 2.54. The van der Waals surface area contributed by atoms with Crippen molar-refractivity contribution in [2.24, 2.45) is 0 Å². The Morgan fingerprint density at radius 2 is 1.76 bits per heavy atom. The number of halogens is 1. The highest BCUT2D eigenvalue weighted by atomic mass is 35.5. The number of fused-ring (bicyclic) bond motifs is 1. The zero-order valence-corrected chi connectivity index (χ0v) is 12.6. The molecule has 0 radical (unpaired) electrons. The molecule has 1 aliphatic heterocycles. The lowest BCUT2D eigenvalue weighted by Gasteiger charge is -2.31. The average Bonchev–Trinajstić information content (AvgIpc) is 2.83. The van der Waals surface area contributed by atoms with Crippen LogP contribution in [-0.4, -0.2) is 11.2 Å². The van der Waals surface area contributed by atoms with Crippen LogP contribution >= 0.6 is 11.6 Å². The van der Waals surface area contributed by atoms with E-state index in [4.69, 9.17) is 11.6 Å². The normalized spacial score (nSPS) is 19.6. The SMILES string of the molecule is CC[N+]1([O-])C=c2ccc(NCc3ccc(Cl)cc3)cc2=C1. The van der Waals surface area contributed by atoms with E-state index in [1.807, 2.05) is 49.4 Å². The van der Waals surface area contributed by atoms with E-state index < -0.39 is 0 Å². The van der Waals surface area contributed by atoms with E-state index in [0.717, 1.165) is 33.3 Å². The highest BCUT2D eigenvalue weighted by Crippen LogP contribution is 2.13. The van der Waals surface area contributed by atoms with E-state index in [2.05, 4.69) is 5.32 Å². The fourth-order valence-electron chi connectivity index (χ4n) is 2.41. The van der Waals surface area contributed by atoms with Gasteiger partial charge in [-0.2, -0.15) is 0 Å². The van der Waals surface area contributed by atoms with Crippen LogP contribution in [0.1, 0.15) is 12.5 Å². The topological polar surface area (TPSA) is 35.1 Å². The maximum absolute atomic E-state index is 12.2. The molecule has 0 bridgehead atoms. The molecular weight excluding hydrogens is 284 g/mol. The first-order valence-corrected chi connectivity index (χ1v) is 7.38. The molecule has 21 heavy (non-hydrogen) atoms. The lowest BCUT2D eigenvalue weighted by Crippen LogP contribution is -2.26. The third kappa shape index (κ3) is 3.10. The number of hydrogen-bond acceptors (Lipinski definition) is 2. The van der Waals surface area contributed by atoms with E-state index >= 15 is 0 Å². The van der Waals surface area contributed by atoms with Crippen molar-refractivity contribution in [1.29, 1.82) is 0 Å². The van der Waals surface area contributed by atoms with Gasteiger partial charge >= 0.3 is 0 Å². The second-order valence-corrected chi connectivity index (χ2v) is 5.69. The molecule has 4 heteroatoms. The van der Waals surface area contributed by atoms with Crippen LogP contribution in [0.2, 0.25) is 5.02 Å². The van der Waals surface area contributed by atoms with Gasteiger partial charge in [0, 0.05) is 27.7 Å². The van der Waals surface area contributed by atoms with Crippen LogP contribution in [0.4, 0.5) is 5.69 Å². The summed E-state index contributed by atoms with van der Waals surface area (Å²) < 4.78 is -0.379. The van der Waals surface area contributed by atoms with Gasteiger partial charge in [-0.1, -0.05) is 23.7 Å². The minimum absolute atomic E-state index is 0.379. The molecule has 108 valence electrons. The summed E-state index contributed by atoms with van der Waals surface area (Å²) in [5.41, 5.74) is 2.18. The Hall–Kier alpha value is -1.81. The van der Waals surface area contributed by atoms with Crippen molar-refractivity contribution in [3.8, 4) is 0 Å². The molecule has 1 aliphatic rings. The summed E-state index contributed by atoms with van der Waals surface area (Å²) in [6, 6.07) is 13.8. The molecule has 1 N–H and O–H groups in total. The van der Waals surface area contributed by atoms with Gasteiger partial charge in [0.2, 0.25) is 0 Å².